The van der Waals surface area contributed by atoms with Gasteiger partial charge >= 0.3 is 12.4 Å². The maximum Gasteiger partial charge on any atom is 0.416 e. The van der Waals surface area contributed by atoms with Gasteiger partial charge in [0.15, 0.2) is 11.6 Å². The fourth-order valence-corrected chi connectivity index (χ4v) is 4.36. The number of hydrogen-bond donors (Lipinski definition) is 1. The molecule has 1 aliphatic heterocycles. The van der Waals surface area contributed by atoms with Crippen molar-refractivity contribution in [1.29, 1.82) is 0 Å². The fourth-order valence-electron chi connectivity index (χ4n) is 4.36. The lowest BCUT2D eigenvalue weighted by molar-refractivity contribution is -0.143. The number of morpholine rings is 1. The van der Waals surface area contributed by atoms with Gasteiger partial charge in [0.05, 0.1) is 41.8 Å². The predicted molar refractivity (Wildman–Crippen MR) is 130 cm³/mol. The van der Waals surface area contributed by atoms with Crippen LogP contribution >= 0.6 is 0 Å². The van der Waals surface area contributed by atoms with E-state index in [4.69, 9.17) is 4.74 Å². The zero-order valence-corrected chi connectivity index (χ0v) is 22.2. The molecule has 1 aromatic carbocycles. The van der Waals surface area contributed by atoms with Gasteiger partial charge in [0.25, 0.3) is 11.8 Å². The van der Waals surface area contributed by atoms with Gasteiger partial charge in [0, 0.05) is 18.7 Å². The number of aryl methyl sites for hydroxylation is 1. The van der Waals surface area contributed by atoms with Gasteiger partial charge in [-0.05, 0) is 45.9 Å². The number of carbonyl (C=O) groups is 2. The Kier molecular flexibility index (Phi) is 8.07. The smallest absolute Gasteiger partial charge is 0.372 e. The predicted octanol–water partition coefficient (Wildman–Crippen LogP) is 4.14. The van der Waals surface area contributed by atoms with Gasteiger partial charge in [-0.3, -0.25) is 9.59 Å². The van der Waals surface area contributed by atoms with Gasteiger partial charge in [0.1, 0.15) is 11.5 Å². The van der Waals surface area contributed by atoms with Crippen molar-refractivity contribution in [3.63, 3.8) is 0 Å². The average Bonchev–Trinajstić information content (AvgIpc) is 3.28. The minimum absolute atomic E-state index is 0.0620. The Hall–Kier alpha value is -4.08. The number of nitrogens with one attached hydrogen (secondary N) is 1. The number of nitrogens with zero attached hydrogens (tertiary/aromatic N) is 6. The Bertz CT molecular complexity index is 1400. The first-order chi connectivity index (χ1) is 19.0. The Morgan fingerprint density at radius 3 is 2.07 bits per heavy atom. The highest BCUT2D eigenvalue weighted by Crippen LogP contribution is 2.36. The normalized spacial score (nSPS) is 18.7. The van der Waals surface area contributed by atoms with E-state index >= 15 is 0 Å². The van der Waals surface area contributed by atoms with Gasteiger partial charge in [-0.25, -0.2) is 15.0 Å². The lowest BCUT2D eigenvalue weighted by Gasteiger charge is -2.35. The van der Waals surface area contributed by atoms with E-state index in [0.29, 0.717) is 25.2 Å². The summed E-state index contributed by atoms with van der Waals surface area (Å²) in [4.78, 5) is 39.9. The zero-order valence-electron chi connectivity index (χ0n) is 22.2. The Morgan fingerprint density at radius 1 is 0.976 bits per heavy atom. The Balaban J connectivity index is 1.56. The number of aromatic nitrogens is 5. The molecule has 0 radical (unpaired) electrons. The van der Waals surface area contributed by atoms with Crippen LogP contribution in [0.3, 0.4) is 0 Å². The maximum absolute atomic E-state index is 13.2. The summed E-state index contributed by atoms with van der Waals surface area (Å²) in [5, 5.41) is 6.56. The molecule has 16 heteroatoms. The van der Waals surface area contributed by atoms with Crippen LogP contribution in [-0.4, -0.2) is 66.7 Å². The number of ether oxygens (including phenoxy) is 1. The zero-order chi connectivity index (χ0) is 30.3. The SMILES string of the molecule is Cc1nc([C@H](C)NC(=O)c2cc(C(F)(F)F)cc(C(F)(F)F)c2)n(-c2cnc(C(=O)N3C[C@@H](C)O[C@@H](C)C3)cn2)n1. The van der Waals surface area contributed by atoms with Crippen LogP contribution in [0.15, 0.2) is 30.6 Å². The molecule has 1 aliphatic rings. The second kappa shape index (κ2) is 11.1. The van der Waals surface area contributed by atoms with Crippen LogP contribution in [0.2, 0.25) is 0 Å². The highest BCUT2D eigenvalue weighted by Gasteiger charge is 2.38. The molecule has 10 nitrogen and oxygen atoms in total. The monoisotopic (exact) mass is 585 g/mol. The minimum atomic E-state index is -5.11. The summed E-state index contributed by atoms with van der Waals surface area (Å²) in [5.74, 6) is -1.12. The van der Waals surface area contributed by atoms with Gasteiger partial charge in [-0.2, -0.15) is 31.0 Å². The van der Waals surface area contributed by atoms with Crippen LogP contribution in [0, 0.1) is 6.92 Å². The first kappa shape index (κ1) is 29.9. The second-order valence-electron chi connectivity index (χ2n) is 9.65. The van der Waals surface area contributed by atoms with E-state index in [-0.39, 0.29) is 47.3 Å². The van der Waals surface area contributed by atoms with Crippen molar-refractivity contribution < 1.29 is 40.7 Å². The third-order valence-electron chi connectivity index (χ3n) is 6.10. The Morgan fingerprint density at radius 2 is 1.56 bits per heavy atom. The highest BCUT2D eigenvalue weighted by atomic mass is 19.4. The topological polar surface area (TPSA) is 115 Å². The third kappa shape index (κ3) is 6.81. The Labute approximate surface area is 229 Å². The summed E-state index contributed by atoms with van der Waals surface area (Å²) in [6.07, 6.45) is -8.01. The quantitative estimate of drug-likeness (QED) is 0.448. The molecule has 41 heavy (non-hydrogen) atoms. The number of rotatable bonds is 5. The molecule has 2 aromatic heterocycles. The summed E-state index contributed by atoms with van der Waals surface area (Å²) >= 11 is 0. The molecule has 4 rings (SSSR count). The minimum Gasteiger partial charge on any atom is -0.372 e. The van der Waals surface area contributed by atoms with Crippen LogP contribution in [-0.2, 0) is 17.1 Å². The summed E-state index contributed by atoms with van der Waals surface area (Å²) in [6, 6.07) is -0.422. The second-order valence-corrected chi connectivity index (χ2v) is 9.65. The molecule has 3 aromatic rings. The van der Waals surface area contributed by atoms with Gasteiger partial charge < -0.3 is 15.0 Å². The van der Waals surface area contributed by atoms with Gasteiger partial charge in [-0.1, -0.05) is 0 Å². The van der Waals surface area contributed by atoms with Crippen LogP contribution < -0.4 is 5.32 Å². The molecule has 1 fully saturated rings. The molecule has 0 bridgehead atoms. The van der Waals surface area contributed by atoms with E-state index in [9.17, 15) is 35.9 Å². The van der Waals surface area contributed by atoms with E-state index < -0.39 is 41.0 Å². The van der Waals surface area contributed by atoms with Gasteiger partial charge in [-0.15, -0.1) is 5.10 Å². The van der Waals surface area contributed by atoms with Crippen molar-refractivity contribution in [2.45, 2.75) is 58.3 Å². The lowest BCUT2D eigenvalue weighted by Crippen LogP contribution is -2.48. The first-order valence-corrected chi connectivity index (χ1v) is 12.3. The maximum atomic E-state index is 13.2. The number of amides is 2. The van der Waals surface area contributed by atoms with Crippen molar-refractivity contribution in [2.75, 3.05) is 13.1 Å². The fraction of sp³-hybridized carbons (Fsp3) is 0.440. The van der Waals surface area contributed by atoms with Crippen LogP contribution in [0.1, 0.15) is 70.4 Å². The van der Waals surface area contributed by atoms with Crippen molar-refractivity contribution >= 4 is 11.8 Å². The number of alkyl halides is 6. The highest BCUT2D eigenvalue weighted by molar-refractivity contribution is 5.95. The number of halogens is 6. The molecule has 2 amide bonds. The summed E-state index contributed by atoms with van der Waals surface area (Å²) < 4.78 is 86.2. The first-order valence-electron chi connectivity index (χ1n) is 12.3. The van der Waals surface area contributed by atoms with E-state index in [1.54, 1.807) is 4.90 Å². The summed E-state index contributed by atoms with van der Waals surface area (Å²) in [6.45, 7) is 7.41. The number of carbonyl (C=O) groups excluding carboxylic acids is 2. The third-order valence-corrected chi connectivity index (χ3v) is 6.10. The largest absolute Gasteiger partial charge is 0.416 e. The van der Waals surface area contributed by atoms with Crippen molar-refractivity contribution in [3.8, 4) is 5.82 Å². The van der Waals surface area contributed by atoms with Crippen LogP contribution in [0.5, 0.6) is 0 Å². The van der Waals surface area contributed by atoms with Crippen molar-refractivity contribution in [1.82, 2.24) is 34.9 Å². The molecule has 1 N–H and O–H groups in total. The molecular formula is C25H25F6N7O3. The molecule has 0 spiro atoms. The molecule has 220 valence electrons. The van der Waals surface area contributed by atoms with Crippen molar-refractivity contribution in [3.05, 3.63) is 64.6 Å². The average molecular weight is 586 g/mol. The van der Waals surface area contributed by atoms with E-state index in [2.05, 4.69) is 25.4 Å². The molecule has 3 atom stereocenters. The molecular weight excluding hydrogens is 560 g/mol. The van der Waals surface area contributed by atoms with E-state index in [1.807, 2.05) is 13.8 Å². The van der Waals surface area contributed by atoms with Gasteiger partial charge in [0.2, 0.25) is 0 Å². The van der Waals surface area contributed by atoms with Crippen LogP contribution in [0.4, 0.5) is 26.3 Å². The van der Waals surface area contributed by atoms with Crippen LogP contribution in [0.25, 0.3) is 5.82 Å². The van der Waals surface area contributed by atoms with E-state index in [0.717, 1.165) is 0 Å². The molecule has 3 heterocycles. The van der Waals surface area contributed by atoms with E-state index in [1.165, 1.54) is 30.9 Å². The lowest BCUT2D eigenvalue weighted by atomic mass is 10.0. The molecule has 0 aliphatic carbocycles. The molecule has 0 saturated carbocycles. The standard InChI is InChI=1S/C25H25F6N7O3/c1-12-10-37(11-13(2)41-12)23(40)19-8-33-20(9-32-19)38-21(35-15(4)36-38)14(3)34-22(39)16-5-17(24(26,27)28)7-18(6-16)25(29,30)31/h5-9,12-14H,10-11H2,1-4H3,(H,34,39)/t12-,13+,14-/m0/s1. The molecule has 0 unspecified atom stereocenters. The summed E-state index contributed by atoms with van der Waals surface area (Å²) in [5.41, 5.74) is -4.00. The molecule has 1 saturated heterocycles. The number of hydrogen-bond acceptors (Lipinski definition) is 7. The van der Waals surface area contributed by atoms with Crippen molar-refractivity contribution in [2.24, 2.45) is 0 Å². The summed E-state index contributed by atoms with van der Waals surface area (Å²) in [7, 11) is 0. The number of benzene rings is 1.